The van der Waals surface area contributed by atoms with Crippen LogP contribution in [0.5, 0.6) is 0 Å². The minimum atomic E-state index is -0.811. The summed E-state index contributed by atoms with van der Waals surface area (Å²) in [6, 6.07) is 0.726. The number of urea groups is 1. The molecule has 1 N–H and O–H groups in total. The fourth-order valence-electron chi connectivity index (χ4n) is 3.68. The maximum atomic E-state index is 12.8. The zero-order valence-corrected chi connectivity index (χ0v) is 12.7. The van der Waals surface area contributed by atoms with Gasteiger partial charge in [0.2, 0.25) is 0 Å². The lowest BCUT2D eigenvalue weighted by Gasteiger charge is -2.44. The molecule has 4 nitrogen and oxygen atoms in total. The summed E-state index contributed by atoms with van der Waals surface area (Å²) in [5.74, 6) is 0. The third kappa shape index (κ3) is 2.88. The van der Waals surface area contributed by atoms with Crippen molar-refractivity contribution >= 4 is 6.03 Å². The number of carbonyl (C=O) groups is 1. The number of carbonyl (C=O) groups excluding carboxylic acids is 1. The number of rotatable bonds is 1. The van der Waals surface area contributed by atoms with Gasteiger partial charge in [-0.3, -0.25) is 0 Å². The number of hydrogen-bond acceptors (Lipinski definition) is 2. The van der Waals surface area contributed by atoms with Crippen molar-refractivity contribution in [2.24, 2.45) is 0 Å². The lowest BCUT2D eigenvalue weighted by Crippen LogP contribution is -2.57. The van der Waals surface area contributed by atoms with Gasteiger partial charge in [0.25, 0.3) is 0 Å². The lowest BCUT2D eigenvalue weighted by atomic mass is 9.95. The molecule has 0 aliphatic carbocycles. The zero-order valence-electron chi connectivity index (χ0n) is 12.7. The van der Waals surface area contributed by atoms with E-state index in [2.05, 4.69) is 13.8 Å². The van der Waals surface area contributed by atoms with E-state index in [9.17, 15) is 9.90 Å². The largest absolute Gasteiger partial charge is 0.388 e. The summed E-state index contributed by atoms with van der Waals surface area (Å²) in [7, 11) is 0. The summed E-state index contributed by atoms with van der Waals surface area (Å²) in [6.07, 6.45) is 5.30. The number of aliphatic hydroxyl groups is 1. The molecule has 0 aromatic rings. The van der Waals surface area contributed by atoms with Crippen LogP contribution in [0.2, 0.25) is 0 Å². The Kier molecular flexibility index (Phi) is 4.09. The molecule has 2 fully saturated rings. The molecule has 2 heterocycles. The first-order valence-corrected chi connectivity index (χ1v) is 7.63. The highest BCUT2D eigenvalue weighted by atomic mass is 16.3. The van der Waals surface area contributed by atoms with Gasteiger partial charge in [-0.15, -0.1) is 0 Å². The van der Waals surface area contributed by atoms with E-state index in [1.807, 2.05) is 23.6 Å². The highest BCUT2D eigenvalue weighted by molar-refractivity contribution is 5.76. The topological polar surface area (TPSA) is 43.8 Å². The van der Waals surface area contributed by atoms with Crippen molar-refractivity contribution in [3.8, 4) is 0 Å². The normalized spacial score (nSPS) is 32.8. The summed E-state index contributed by atoms with van der Waals surface area (Å²) in [5.41, 5.74) is -0.811. The van der Waals surface area contributed by atoms with Crippen LogP contribution in [0, 0.1) is 0 Å². The van der Waals surface area contributed by atoms with Crippen LogP contribution < -0.4 is 0 Å². The van der Waals surface area contributed by atoms with Crippen LogP contribution in [-0.4, -0.2) is 51.2 Å². The molecule has 110 valence electrons. The molecular weight excluding hydrogens is 240 g/mol. The van der Waals surface area contributed by atoms with Gasteiger partial charge in [0.1, 0.15) is 0 Å². The second-order valence-corrected chi connectivity index (χ2v) is 6.82. The molecule has 2 aliphatic rings. The molecule has 19 heavy (non-hydrogen) atoms. The summed E-state index contributed by atoms with van der Waals surface area (Å²) < 4.78 is 0. The lowest BCUT2D eigenvalue weighted by molar-refractivity contribution is -0.00207. The number of amides is 2. The van der Waals surface area contributed by atoms with Crippen LogP contribution >= 0.6 is 0 Å². The van der Waals surface area contributed by atoms with Crippen molar-refractivity contribution in [3.05, 3.63) is 0 Å². The first-order chi connectivity index (χ1) is 8.82. The minimum absolute atomic E-state index is 0.0404. The van der Waals surface area contributed by atoms with Crippen LogP contribution in [0.15, 0.2) is 0 Å². The van der Waals surface area contributed by atoms with Crippen molar-refractivity contribution in [2.45, 2.75) is 83.5 Å². The van der Waals surface area contributed by atoms with Crippen molar-refractivity contribution in [2.75, 3.05) is 6.54 Å². The van der Waals surface area contributed by atoms with Crippen LogP contribution in [0.25, 0.3) is 0 Å². The Bertz CT molecular complexity index is 328. The predicted octanol–water partition coefficient (Wildman–Crippen LogP) is 2.60. The van der Waals surface area contributed by atoms with Gasteiger partial charge in [-0.05, 0) is 59.8 Å². The minimum Gasteiger partial charge on any atom is -0.388 e. The molecule has 0 bridgehead atoms. The summed E-state index contributed by atoms with van der Waals surface area (Å²) in [5, 5.41) is 10.3. The fourth-order valence-corrected chi connectivity index (χ4v) is 3.68. The fraction of sp³-hybridized carbons (Fsp3) is 0.933. The summed E-state index contributed by atoms with van der Waals surface area (Å²) in [4.78, 5) is 16.8. The number of likely N-dealkylation sites (tertiary alicyclic amines) is 2. The summed E-state index contributed by atoms with van der Waals surface area (Å²) in [6.45, 7) is 8.69. The number of piperidine rings is 1. The molecule has 0 aromatic heterocycles. The molecule has 0 radical (unpaired) electrons. The van der Waals surface area contributed by atoms with Crippen molar-refractivity contribution < 1.29 is 9.90 Å². The predicted molar refractivity (Wildman–Crippen MR) is 76.0 cm³/mol. The van der Waals surface area contributed by atoms with Gasteiger partial charge >= 0.3 is 6.03 Å². The van der Waals surface area contributed by atoms with E-state index >= 15 is 0 Å². The van der Waals surface area contributed by atoms with Crippen molar-refractivity contribution in [3.63, 3.8) is 0 Å². The van der Waals surface area contributed by atoms with Crippen LogP contribution in [0.4, 0.5) is 4.79 Å². The van der Waals surface area contributed by atoms with Gasteiger partial charge in [0.05, 0.1) is 11.6 Å². The molecule has 2 amide bonds. The maximum Gasteiger partial charge on any atom is 0.320 e. The quantitative estimate of drug-likeness (QED) is 0.794. The van der Waals surface area contributed by atoms with Gasteiger partial charge in [-0.25, -0.2) is 4.79 Å². The third-order valence-electron chi connectivity index (χ3n) is 4.73. The molecule has 0 saturated carbocycles. The number of hydrogen-bond donors (Lipinski definition) is 1. The van der Waals surface area contributed by atoms with Gasteiger partial charge in [0, 0.05) is 18.6 Å². The van der Waals surface area contributed by atoms with Crippen LogP contribution in [0.3, 0.4) is 0 Å². The van der Waals surface area contributed by atoms with Gasteiger partial charge in [0.15, 0.2) is 0 Å². The highest BCUT2D eigenvalue weighted by Crippen LogP contribution is 2.31. The monoisotopic (exact) mass is 268 g/mol. The second-order valence-electron chi connectivity index (χ2n) is 6.82. The van der Waals surface area contributed by atoms with E-state index < -0.39 is 5.60 Å². The van der Waals surface area contributed by atoms with Crippen LogP contribution in [-0.2, 0) is 0 Å². The third-order valence-corrected chi connectivity index (χ3v) is 4.73. The first-order valence-electron chi connectivity index (χ1n) is 7.63. The Morgan fingerprint density at radius 2 is 1.68 bits per heavy atom. The Hall–Kier alpha value is -0.770. The van der Waals surface area contributed by atoms with Gasteiger partial charge in [-0.1, -0.05) is 0 Å². The Morgan fingerprint density at radius 3 is 2.21 bits per heavy atom. The van der Waals surface area contributed by atoms with E-state index in [4.69, 9.17) is 0 Å². The average molecular weight is 268 g/mol. The maximum absolute atomic E-state index is 12.8. The molecule has 0 spiro atoms. The Labute approximate surface area is 116 Å². The van der Waals surface area contributed by atoms with Crippen molar-refractivity contribution in [1.29, 1.82) is 0 Å². The smallest absolute Gasteiger partial charge is 0.320 e. The SMILES string of the molecule is CC1CCCC(C)N1C(=O)N1CCCC1C(C)(C)O. The van der Waals surface area contributed by atoms with E-state index in [1.165, 1.54) is 6.42 Å². The molecule has 0 aromatic carbocycles. The van der Waals surface area contributed by atoms with E-state index in [1.54, 1.807) is 0 Å². The number of nitrogens with zero attached hydrogens (tertiary/aromatic N) is 2. The van der Waals surface area contributed by atoms with E-state index in [-0.39, 0.29) is 12.1 Å². The second kappa shape index (κ2) is 5.31. The molecular formula is C15H28N2O2. The molecule has 2 saturated heterocycles. The molecule has 2 rings (SSSR count). The first kappa shape index (κ1) is 14.6. The molecule has 3 unspecified atom stereocenters. The van der Waals surface area contributed by atoms with Gasteiger partial charge < -0.3 is 14.9 Å². The highest BCUT2D eigenvalue weighted by Gasteiger charge is 2.42. The van der Waals surface area contributed by atoms with Gasteiger partial charge in [-0.2, -0.15) is 0 Å². The average Bonchev–Trinajstić information content (AvgIpc) is 2.76. The van der Waals surface area contributed by atoms with Crippen LogP contribution in [0.1, 0.15) is 59.8 Å². The Morgan fingerprint density at radius 1 is 1.11 bits per heavy atom. The summed E-state index contributed by atoms with van der Waals surface area (Å²) >= 11 is 0. The van der Waals surface area contributed by atoms with Crippen molar-refractivity contribution in [1.82, 2.24) is 9.80 Å². The standard InChI is InChI=1S/C15H28N2O2/c1-11-7-5-8-12(2)17(11)14(18)16-10-6-9-13(16)15(3,4)19/h11-13,19H,5-10H2,1-4H3. The zero-order chi connectivity index (χ0) is 14.2. The Balaban J connectivity index is 2.14. The van der Waals surface area contributed by atoms with E-state index in [0.717, 1.165) is 32.2 Å². The molecule has 2 aliphatic heterocycles. The molecule has 3 atom stereocenters. The molecule has 4 heteroatoms. The van der Waals surface area contributed by atoms with E-state index in [0.29, 0.717) is 12.1 Å².